The zero-order valence-electron chi connectivity index (χ0n) is 7.68. The Labute approximate surface area is 72.4 Å². The summed E-state index contributed by atoms with van der Waals surface area (Å²) in [4.78, 5) is 7.27. The van der Waals surface area contributed by atoms with Crippen molar-refractivity contribution in [3.05, 3.63) is 17.7 Å². The Morgan fingerprint density at radius 2 is 2.33 bits per heavy atom. The Morgan fingerprint density at radius 3 is 2.75 bits per heavy atom. The largest absolute Gasteiger partial charge is 0.345 e. The van der Waals surface area contributed by atoms with Gasteiger partial charge >= 0.3 is 0 Å². The lowest BCUT2D eigenvalue weighted by Gasteiger charge is -2.10. The van der Waals surface area contributed by atoms with E-state index >= 15 is 0 Å². The lowest BCUT2D eigenvalue weighted by molar-refractivity contribution is 0.637. The summed E-state index contributed by atoms with van der Waals surface area (Å²) >= 11 is 0. The molecule has 0 aliphatic rings. The van der Waals surface area contributed by atoms with Gasteiger partial charge in [0.1, 0.15) is 11.2 Å². The number of nitriles is 1. The number of nitrogens with one attached hydrogen (secondary N) is 1. The number of aromatic nitrogens is 2. The van der Waals surface area contributed by atoms with Gasteiger partial charge in [-0.05, 0) is 20.3 Å². The molecule has 0 saturated carbocycles. The Hall–Kier alpha value is -1.30. The van der Waals surface area contributed by atoms with Gasteiger partial charge in [-0.25, -0.2) is 4.98 Å². The second-order valence-electron chi connectivity index (χ2n) is 3.35. The average Bonchev–Trinajstić information content (AvgIpc) is 2.52. The zero-order chi connectivity index (χ0) is 9.19. The van der Waals surface area contributed by atoms with Gasteiger partial charge in [0.25, 0.3) is 0 Å². The highest BCUT2D eigenvalue weighted by Gasteiger charge is 2.22. The Balaban J connectivity index is 2.98. The van der Waals surface area contributed by atoms with Crippen LogP contribution in [0, 0.1) is 11.3 Å². The van der Waals surface area contributed by atoms with Crippen molar-refractivity contribution in [2.24, 2.45) is 0 Å². The number of hydrogen-bond acceptors (Lipinski definition) is 2. The van der Waals surface area contributed by atoms with E-state index < -0.39 is 5.41 Å². The molecule has 12 heavy (non-hydrogen) atoms. The molecule has 0 radical (unpaired) electrons. The Morgan fingerprint density at radius 1 is 1.67 bits per heavy atom. The van der Waals surface area contributed by atoms with Crippen LogP contribution in [0.3, 0.4) is 0 Å². The summed E-state index contributed by atoms with van der Waals surface area (Å²) in [6.45, 7) is 5.76. The van der Waals surface area contributed by atoms with Crippen LogP contribution in [0.25, 0.3) is 0 Å². The van der Waals surface area contributed by atoms with Crippen LogP contribution in [-0.2, 0) is 11.8 Å². The topological polar surface area (TPSA) is 52.5 Å². The van der Waals surface area contributed by atoms with Crippen molar-refractivity contribution < 1.29 is 0 Å². The first-order valence-corrected chi connectivity index (χ1v) is 4.05. The monoisotopic (exact) mass is 163 g/mol. The number of aryl methyl sites for hydroxylation is 1. The fraction of sp³-hybridized carbons (Fsp3) is 0.556. The first-order valence-electron chi connectivity index (χ1n) is 4.05. The second-order valence-corrected chi connectivity index (χ2v) is 3.35. The molecule has 1 aromatic rings. The van der Waals surface area contributed by atoms with Crippen molar-refractivity contribution in [1.29, 1.82) is 5.26 Å². The van der Waals surface area contributed by atoms with Crippen LogP contribution in [0.1, 0.15) is 32.3 Å². The van der Waals surface area contributed by atoms with Crippen molar-refractivity contribution in [1.82, 2.24) is 9.97 Å². The fourth-order valence-corrected chi connectivity index (χ4v) is 0.909. The molecule has 0 amide bonds. The third kappa shape index (κ3) is 1.48. The van der Waals surface area contributed by atoms with E-state index in [-0.39, 0.29) is 0 Å². The van der Waals surface area contributed by atoms with Gasteiger partial charge in [-0.1, -0.05) is 6.92 Å². The summed E-state index contributed by atoms with van der Waals surface area (Å²) in [5.41, 5.74) is 0.571. The molecule has 1 aromatic heterocycles. The van der Waals surface area contributed by atoms with Gasteiger partial charge in [0.05, 0.1) is 6.07 Å². The minimum atomic E-state index is -0.507. The number of H-pyrrole nitrogens is 1. The highest BCUT2D eigenvalue weighted by atomic mass is 14.9. The van der Waals surface area contributed by atoms with Crippen molar-refractivity contribution in [3.63, 3.8) is 0 Å². The van der Waals surface area contributed by atoms with Crippen molar-refractivity contribution in [2.75, 3.05) is 0 Å². The molecule has 1 N–H and O–H groups in total. The molecule has 0 aliphatic heterocycles. The molecule has 0 spiro atoms. The van der Waals surface area contributed by atoms with E-state index in [0.29, 0.717) is 0 Å². The standard InChI is InChI=1S/C9H13N3/c1-4-7-5-11-8(12-7)9(2,3)6-10/h5H,4H2,1-3H3,(H,11,12). The first kappa shape index (κ1) is 8.79. The van der Waals surface area contributed by atoms with Crippen LogP contribution < -0.4 is 0 Å². The van der Waals surface area contributed by atoms with E-state index in [1.807, 2.05) is 13.8 Å². The maximum absolute atomic E-state index is 8.82. The molecule has 0 fully saturated rings. The second kappa shape index (κ2) is 2.98. The van der Waals surface area contributed by atoms with E-state index in [1.54, 1.807) is 6.20 Å². The molecule has 0 aliphatic carbocycles. The summed E-state index contributed by atoms with van der Waals surface area (Å²) in [5.74, 6) is 0.752. The number of rotatable bonds is 2. The van der Waals surface area contributed by atoms with Crippen molar-refractivity contribution in [2.45, 2.75) is 32.6 Å². The van der Waals surface area contributed by atoms with E-state index in [0.717, 1.165) is 17.9 Å². The maximum atomic E-state index is 8.82. The van der Waals surface area contributed by atoms with Gasteiger partial charge < -0.3 is 4.98 Å². The lowest BCUT2D eigenvalue weighted by Crippen LogP contribution is -2.15. The van der Waals surface area contributed by atoms with Crippen LogP contribution in [0.5, 0.6) is 0 Å². The molecule has 0 aromatic carbocycles. The van der Waals surface area contributed by atoms with E-state index in [4.69, 9.17) is 5.26 Å². The van der Waals surface area contributed by atoms with Gasteiger partial charge in [-0.2, -0.15) is 5.26 Å². The molecule has 64 valence electrons. The SMILES string of the molecule is CCc1cnc(C(C)(C)C#N)[nH]1. The maximum Gasteiger partial charge on any atom is 0.126 e. The number of nitrogens with zero attached hydrogens (tertiary/aromatic N) is 2. The first-order chi connectivity index (χ1) is 5.60. The quantitative estimate of drug-likeness (QED) is 0.722. The zero-order valence-corrected chi connectivity index (χ0v) is 7.68. The van der Waals surface area contributed by atoms with Gasteiger partial charge in [0.15, 0.2) is 0 Å². The molecular weight excluding hydrogens is 150 g/mol. The van der Waals surface area contributed by atoms with Crippen molar-refractivity contribution in [3.8, 4) is 6.07 Å². The predicted octanol–water partition coefficient (Wildman–Crippen LogP) is 1.77. The molecule has 3 heteroatoms. The number of aromatic amines is 1. The molecule has 0 atom stereocenters. The molecular formula is C9H13N3. The fourth-order valence-electron chi connectivity index (χ4n) is 0.909. The van der Waals surface area contributed by atoms with E-state index in [2.05, 4.69) is 23.0 Å². The van der Waals surface area contributed by atoms with Gasteiger partial charge in [-0.15, -0.1) is 0 Å². The number of hydrogen-bond donors (Lipinski definition) is 1. The Kier molecular flexibility index (Phi) is 2.18. The third-order valence-electron chi connectivity index (χ3n) is 1.88. The van der Waals surface area contributed by atoms with Gasteiger partial charge in [0.2, 0.25) is 0 Å². The molecule has 0 bridgehead atoms. The molecule has 1 heterocycles. The van der Waals surface area contributed by atoms with Crippen LogP contribution in [-0.4, -0.2) is 9.97 Å². The highest BCUT2D eigenvalue weighted by molar-refractivity contribution is 5.18. The normalized spacial score (nSPS) is 11.2. The minimum Gasteiger partial charge on any atom is -0.345 e. The highest BCUT2D eigenvalue weighted by Crippen LogP contribution is 2.18. The summed E-state index contributed by atoms with van der Waals surface area (Å²) in [6, 6.07) is 2.20. The van der Waals surface area contributed by atoms with Crippen LogP contribution in [0.2, 0.25) is 0 Å². The van der Waals surface area contributed by atoms with Gasteiger partial charge in [-0.3, -0.25) is 0 Å². The van der Waals surface area contributed by atoms with Crippen LogP contribution in [0.4, 0.5) is 0 Å². The molecule has 3 nitrogen and oxygen atoms in total. The number of imidazole rings is 1. The Bertz CT molecular complexity index is 304. The third-order valence-corrected chi connectivity index (χ3v) is 1.88. The molecule has 0 unspecified atom stereocenters. The van der Waals surface area contributed by atoms with E-state index in [9.17, 15) is 0 Å². The van der Waals surface area contributed by atoms with Gasteiger partial charge in [0, 0.05) is 11.9 Å². The summed E-state index contributed by atoms with van der Waals surface area (Å²) in [7, 11) is 0. The minimum absolute atomic E-state index is 0.507. The van der Waals surface area contributed by atoms with E-state index in [1.165, 1.54) is 0 Å². The smallest absolute Gasteiger partial charge is 0.126 e. The van der Waals surface area contributed by atoms with Crippen LogP contribution in [0.15, 0.2) is 6.20 Å². The summed E-state index contributed by atoms with van der Waals surface area (Å²) < 4.78 is 0. The van der Waals surface area contributed by atoms with Crippen LogP contribution >= 0.6 is 0 Å². The predicted molar refractivity (Wildman–Crippen MR) is 46.6 cm³/mol. The summed E-state index contributed by atoms with van der Waals surface area (Å²) in [6.07, 6.45) is 2.71. The van der Waals surface area contributed by atoms with Crippen molar-refractivity contribution >= 4 is 0 Å². The lowest BCUT2D eigenvalue weighted by atomic mass is 9.95. The molecule has 0 saturated heterocycles. The summed E-state index contributed by atoms with van der Waals surface area (Å²) in [5, 5.41) is 8.82. The molecule has 1 rings (SSSR count). The average molecular weight is 163 g/mol.